The second kappa shape index (κ2) is 5.22. The summed E-state index contributed by atoms with van der Waals surface area (Å²) < 4.78 is 27.9. The molecule has 0 bridgehead atoms. The van der Waals surface area contributed by atoms with Crippen LogP contribution in [-0.2, 0) is 10.2 Å². The van der Waals surface area contributed by atoms with Crippen molar-refractivity contribution in [2.75, 3.05) is 30.9 Å². The van der Waals surface area contributed by atoms with E-state index in [1.54, 1.807) is 5.38 Å². The number of carbonyl (C=O) groups is 1. The highest BCUT2D eigenvalue weighted by Gasteiger charge is 2.25. The summed E-state index contributed by atoms with van der Waals surface area (Å²) in [5.74, 6) is -0.644. The molecule has 9 heteroatoms. The van der Waals surface area contributed by atoms with Gasteiger partial charge in [0.05, 0.1) is 5.56 Å². The van der Waals surface area contributed by atoms with Gasteiger partial charge in [-0.3, -0.25) is 9.52 Å². The predicted molar refractivity (Wildman–Crippen MR) is 69.8 cm³/mol. The lowest BCUT2D eigenvalue weighted by Crippen LogP contribution is -2.48. The zero-order valence-corrected chi connectivity index (χ0v) is 11.2. The molecular weight excluding hydrogens is 276 g/mol. The molecular formula is C9H14N4O3S2. The highest BCUT2D eigenvalue weighted by atomic mass is 32.2. The minimum absolute atomic E-state index is 0.193. The number of primary amides is 1. The van der Waals surface area contributed by atoms with Crippen molar-refractivity contribution in [1.82, 2.24) is 9.62 Å². The average molecular weight is 290 g/mol. The van der Waals surface area contributed by atoms with Gasteiger partial charge in [-0.1, -0.05) is 0 Å². The van der Waals surface area contributed by atoms with E-state index in [4.69, 9.17) is 5.73 Å². The molecule has 0 spiro atoms. The van der Waals surface area contributed by atoms with Crippen molar-refractivity contribution in [2.45, 2.75) is 0 Å². The molecule has 1 amide bonds. The fraction of sp³-hybridized carbons (Fsp3) is 0.444. The first-order valence-corrected chi connectivity index (χ1v) is 7.68. The third kappa shape index (κ3) is 2.80. The molecule has 1 aromatic heterocycles. The van der Waals surface area contributed by atoms with Crippen molar-refractivity contribution < 1.29 is 13.2 Å². The Hall–Kier alpha value is -1.16. The zero-order valence-electron chi connectivity index (χ0n) is 9.55. The smallest absolute Gasteiger partial charge is 0.302 e. The minimum atomic E-state index is -3.62. The maximum Gasteiger partial charge on any atom is 0.302 e. The number of hydrogen-bond donors (Lipinski definition) is 3. The molecule has 0 aliphatic carbocycles. The number of carbonyl (C=O) groups excluding carboxylic acids is 1. The molecule has 1 aliphatic heterocycles. The van der Waals surface area contributed by atoms with Crippen LogP contribution >= 0.6 is 11.3 Å². The van der Waals surface area contributed by atoms with Gasteiger partial charge in [0, 0.05) is 26.2 Å². The van der Waals surface area contributed by atoms with E-state index in [-0.39, 0.29) is 10.6 Å². The van der Waals surface area contributed by atoms with Crippen molar-refractivity contribution in [1.29, 1.82) is 0 Å². The van der Waals surface area contributed by atoms with E-state index < -0.39 is 16.1 Å². The maximum atomic E-state index is 12.1. The summed E-state index contributed by atoms with van der Waals surface area (Å²) in [7, 11) is -3.62. The Kier molecular flexibility index (Phi) is 3.85. The van der Waals surface area contributed by atoms with Crippen LogP contribution in [0.3, 0.4) is 0 Å². The summed E-state index contributed by atoms with van der Waals surface area (Å²) in [5, 5.41) is 4.96. The molecule has 0 unspecified atom stereocenters. The van der Waals surface area contributed by atoms with E-state index in [9.17, 15) is 13.2 Å². The van der Waals surface area contributed by atoms with E-state index in [0.717, 1.165) is 11.3 Å². The van der Waals surface area contributed by atoms with E-state index in [0.29, 0.717) is 26.2 Å². The van der Waals surface area contributed by atoms with Crippen LogP contribution in [0.15, 0.2) is 11.4 Å². The van der Waals surface area contributed by atoms with Gasteiger partial charge < -0.3 is 11.1 Å². The molecule has 0 atom stereocenters. The summed E-state index contributed by atoms with van der Waals surface area (Å²) in [4.78, 5) is 11.1. The van der Waals surface area contributed by atoms with E-state index >= 15 is 0 Å². The maximum absolute atomic E-state index is 12.1. The Labute approximate surface area is 109 Å². The van der Waals surface area contributed by atoms with Gasteiger partial charge in [0.15, 0.2) is 0 Å². The Morgan fingerprint density at radius 1 is 1.44 bits per heavy atom. The van der Waals surface area contributed by atoms with Crippen LogP contribution < -0.4 is 15.8 Å². The van der Waals surface area contributed by atoms with Gasteiger partial charge in [0.2, 0.25) is 0 Å². The van der Waals surface area contributed by atoms with Crippen LogP contribution in [0, 0.1) is 0 Å². The van der Waals surface area contributed by atoms with Gasteiger partial charge in [-0.05, 0) is 11.4 Å². The average Bonchev–Trinajstić information content (AvgIpc) is 2.78. The number of anilines is 1. The molecule has 18 heavy (non-hydrogen) atoms. The molecule has 100 valence electrons. The summed E-state index contributed by atoms with van der Waals surface area (Å²) in [6.45, 7) is 2.06. The van der Waals surface area contributed by atoms with Crippen LogP contribution in [0.1, 0.15) is 10.4 Å². The van der Waals surface area contributed by atoms with Crippen LogP contribution in [0.5, 0.6) is 0 Å². The normalized spacial score (nSPS) is 17.6. The highest BCUT2D eigenvalue weighted by molar-refractivity contribution is 7.90. The monoisotopic (exact) mass is 290 g/mol. The van der Waals surface area contributed by atoms with Crippen LogP contribution in [-0.4, -0.2) is 44.8 Å². The number of hydrogen-bond acceptors (Lipinski definition) is 5. The number of nitrogens with zero attached hydrogens (tertiary/aromatic N) is 1. The minimum Gasteiger partial charge on any atom is -0.366 e. The van der Waals surface area contributed by atoms with Gasteiger partial charge in [-0.25, -0.2) is 0 Å². The first kappa shape index (κ1) is 13.3. The lowest BCUT2D eigenvalue weighted by atomic mass is 10.3. The van der Waals surface area contributed by atoms with Crippen LogP contribution in [0.4, 0.5) is 5.00 Å². The topological polar surface area (TPSA) is 105 Å². The highest BCUT2D eigenvalue weighted by Crippen LogP contribution is 2.24. The first-order valence-electron chi connectivity index (χ1n) is 5.36. The number of thiophene rings is 1. The van der Waals surface area contributed by atoms with E-state index in [1.165, 1.54) is 10.4 Å². The lowest BCUT2D eigenvalue weighted by Gasteiger charge is -2.26. The van der Waals surface area contributed by atoms with Crippen molar-refractivity contribution >= 4 is 32.5 Å². The molecule has 4 N–H and O–H groups in total. The van der Waals surface area contributed by atoms with Crippen molar-refractivity contribution in [3.8, 4) is 0 Å². The summed E-state index contributed by atoms with van der Waals surface area (Å²) in [6, 6.07) is 1.50. The van der Waals surface area contributed by atoms with Crippen LogP contribution in [0.25, 0.3) is 0 Å². The molecule has 1 aliphatic rings. The zero-order chi connectivity index (χ0) is 13.2. The third-order valence-electron chi connectivity index (χ3n) is 2.57. The largest absolute Gasteiger partial charge is 0.366 e. The summed E-state index contributed by atoms with van der Waals surface area (Å²) in [6.07, 6.45) is 0. The molecule has 1 fully saturated rings. The third-order valence-corrected chi connectivity index (χ3v) is 5.03. The lowest BCUT2D eigenvalue weighted by molar-refractivity contribution is 0.100. The standard InChI is InChI=1S/C9H14N4O3S2/c10-8(14)7-1-6-17-9(7)12-18(15,16)13-4-2-11-3-5-13/h1,6,11-12H,2-5H2,(H2,10,14). The Bertz CT molecular complexity index is 534. The molecule has 0 saturated carbocycles. The Morgan fingerprint density at radius 3 is 2.72 bits per heavy atom. The van der Waals surface area contributed by atoms with Crippen molar-refractivity contribution in [2.24, 2.45) is 5.73 Å². The van der Waals surface area contributed by atoms with Gasteiger partial charge in [0.25, 0.3) is 5.91 Å². The second-order valence-corrected chi connectivity index (χ2v) is 6.37. The van der Waals surface area contributed by atoms with Gasteiger partial charge >= 0.3 is 10.2 Å². The fourth-order valence-corrected chi connectivity index (χ4v) is 3.93. The first-order chi connectivity index (χ1) is 8.50. The van der Waals surface area contributed by atoms with Crippen molar-refractivity contribution in [3.05, 3.63) is 17.0 Å². The molecule has 2 rings (SSSR count). The number of rotatable bonds is 4. The van der Waals surface area contributed by atoms with Gasteiger partial charge in [-0.15, -0.1) is 11.3 Å². The number of nitrogens with one attached hydrogen (secondary N) is 2. The second-order valence-electron chi connectivity index (χ2n) is 3.78. The number of amides is 1. The molecule has 0 aromatic carbocycles. The SMILES string of the molecule is NC(=O)c1ccsc1NS(=O)(=O)N1CCNCC1. The molecule has 0 radical (unpaired) electrons. The predicted octanol–water partition coefficient (Wildman–Crippen LogP) is -0.591. The van der Waals surface area contributed by atoms with E-state index in [2.05, 4.69) is 10.0 Å². The van der Waals surface area contributed by atoms with Gasteiger partial charge in [-0.2, -0.15) is 12.7 Å². The molecule has 1 aromatic rings. The summed E-state index contributed by atoms with van der Waals surface area (Å²) in [5.41, 5.74) is 5.36. The fourth-order valence-electron chi connectivity index (χ4n) is 1.65. The Morgan fingerprint density at radius 2 is 2.11 bits per heavy atom. The molecule has 2 heterocycles. The number of nitrogens with two attached hydrogens (primary N) is 1. The number of piperazine rings is 1. The summed E-state index contributed by atoms with van der Waals surface area (Å²) >= 11 is 1.14. The molecule has 1 saturated heterocycles. The van der Waals surface area contributed by atoms with E-state index in [1.807, 2.05) is 0 Å². The van der Waals surface area contributed by atoms with Gasteiger partial charge in [0.1, 0.15) is 5.00 Å². The Balaban J connectivity index is 2.16. The quantitative estimate of drug-likeness (QED) is 0.689. The van der Waals surface area contributed by atoms with Crippen LogP contribution in [0.2, 0.25) is 0 Å². The van der Waals surface area contributed by atoms with Crippen molar-refractivity contribution in [3.63, 3.8) is 0 Å². The molecule has 7 nitrogen and oxygen atoms in total.